The first-order chi connectivity index (χ1) is 10.1. The van der Waals surface area contributed by atoms with Crippen LogP contribution in [0.3, 0.4) is 0 Å². The molecule has 21 heavy (non-hydrogen) atoms. The number of hydrogen-bond acceptors (Lipinski definition) is 3. The van der Waals surface area contributed by atoms with Crippen molar-refractivity contribution in [1.29, 1.82) is 0 Å². The van der Waals surface area contributed by atoms with Gasteiger partial charge in [-0.15, -0.1) is 5.10 Å². The minimum absolute atomic E-state index is 0.0138. The van der Waals surface area contributed by atoms with E-state index in [2.05, 4.69) is 10.3 Å². The zero-order valence-corrected chi connectivity index (χ0v) is 12.1. The first kappa shape index (κ1) is 15.2. The summed E-state index contributed by atoms with van der Waals surface area (Å²) in [5, 5.41) is 17.0. The highest BCUT2D eigenvalue weighted by Gasteiger charge is 2.24. The maximum Gasteiger partial charge on any atom is 0.358 e. The fourth-order valence-corrected chi connectivity index (χ4v) is 2.48. The van der Waals surface area contributed by atoms with E-state index in [1.807, 2.05) is 13.8 Å². The van der Waals surface area contributed by atoms with Crippen molar-refractivity contribution in [2.24, 2.45) is 0 Å². The Kier molecular flexibility index (Phi) is 4.67. The SMILES string of the molecule is CCC(CC)c1c(C(=O)O)nnn1Cc1cccc(F)c1. The number of halogens is 1. The molecule has 1 heterocycles. The second-order valence-corrected chi connectivity index (χ2v) is 4.93. The molecule has 5 nitrogen and oxygen atoms in total. The van der Waals surface area contributed by atoms with Gasteiger partial charge in [-0.05, 0) is 30.5 Å². The van der Waals surface area contributed by atoms with Gasteiger partial charge in [-0.3, -0.25) is 0 Å². The van der Waals surface area contributed by atoms with Crippen LogP contribution in [0.25, 0.3) is 0 Å². The topological polar surface area (TPSA) is 68.0 Å². The average Bonchev–Trinajstić information content (AvgIpc) is 2.84. The predicted molar refractivity (Wildman–Crippen MR) is 75.8 cm³/mol. The second kappa shape index (κ2) is 6.47. The smallest absolute Gasteiger partial charge is 0.358 e. The Morgan fingerprint density at radius 3 is 2.67 bits per heavy atom. The molecule has 0 saturated carbocycles. The molecular formula is C15H18FN3O2. The Morgan fingerprint density at radius 2 is 2.10 bits per heavy atom. The maximum absolute atomic E-state index is 13.3. The summed E-state index contributed by atoms with van der Waals surface area (Å²) in [5.74, 6) is -1.34. The lowest BCUT2D eigenvalue weighted by atomic mass is 9.97. The number of aromatic nitrogens is 3. The first-order valence-electron chi connectivity index (χ1n) is 6.97. The van der Waals surface area contributed by atoms with Crippen LogP contribution < -0.4 is 0 Å². The van der Waals surface area contributed by atoms with Crippen molar-refractivity contribution in [3.8, 4) is 0 Å². The van der Waals surface area contributed by atoms with Crippen molar-refractivity contribution in [2.45, 2.75) is 39.2 Å². The molecular weight excluding hydrogens is 273 g/mol. The molecule has 0 bridgehead atoms. The van der Waals surface area contributed by atoms with E-state index < -0.39 is 5.97 Å². The molecule has 6 heteroatoms. The molecule has 0 fully saturated rings. The van der Waals surface area contributed by atoms with Crippen molar-refractivity contribution < 1.29 is 14.3 Å². The molecule has 0 atom stereocenters. The fourth-order valence-electron chi connectivity index (χ4n) is 2.48. The number of benzene rings is 1. The van der Waals surface area contributed by atoms with Crippen LogP contribution >= 0.6 is 0 Å². The summed E-state index contributed by atoms with van der Waals surface area (Å²) in [4.78, 5) is 11.3. The molecule has 2 aromatic rings. The molecule has 0 aliphatic carbocycles. The number of carbonyl (C=O) groups is 1. The van der Waals surface area contributed by atoms with Crippen LogP contribution in [0.1, 0.15) is 54.4 Å². The Bertz CT molecular complexity index is 636. The monoisotopic (exact) mass is 291 g/mol. The average molecular weight is 291 g/mol. The number of carboxylic acids is 1. The van der Waals surface area contributed by atoms with Crippen LogP contribution in [0, 0.1) is 5.82 Å². The molecule has 0 spiro atoms. The van der Waals surface area contributed by atoms with Gasteiger partial charge in [0.2, 0.25) is 0 Å². The molecule has 1 aromatic heterocycles. The molecule has 0 amide bonds. The summed E-state index contributed by atoms with van der Waals surface area (Å²) in [6.07, 6.45) is 1.60. The zero-order valence-electron chi connectivity index (χ0n) is 12.1. The molecule has 1 N–H and O–H groups in total. The van der Waals surface area contributed by atoms with Crippen molar-refractivity contribution in [1.82, 2.24) is 15.0 Å². The van der Waals surface area contributed by atoms with Gasteiger partial charge in [0.25, 0.3) is 0 Å². The van der Waals surface area contributed by atoms with Gasteiger partial charge in [0.1, 0.15) is 5.82 Å². The van der Waals surface area contributed by atoms with Crippen LogP contribution in [0.2, 0.25) is 0 Å². The summed E-state index contributed by atoms with van der Waals surface area (Å²) in [5.41, 5.74) is 1.32. The Balaban J connectivity index is 2.41. The van der Waals surface area contributed by atoms with Gasteiger partial charge in [0.05, 0.1) is 12.2 Å². The summed E-state index contributed by atoms with van der Waals surface area (Å²) < 4.78 is 14.8. The third-order valence-corrected chi connectivity index (χ3v) is 3.57. The second-order valence-electron chi connectivity index (χ2n) is 4.93. The van der Waals surface area contributed by atoms with E-state index in [9.17, 15) is 14.3 Å². The maximum atomic E-state index is 13.3. The predicted octanol–water partition coefficient (Wildman–Crippen LogP) is 3.07. The fraction of sp³-hybridized carbons (Fsp3) is 0.400. The van der Waals surface area contributed by atoms with Crippen LogP contribution in [0.4, 0.5) is 4.39 Å². The van der Waals surface area contributed by atoms with E-state index in [-0.39, 0.29) is 17.4 Å². The van der Waals surface area contributed by atoms with E-state index in [1.165, 1.54) is 12.1 Å². The van der Waals surface area contributed by atoms with Crippen molar-refractivity contribution in [2.75, 3.05) is 0 Å². The van der Waals surface area contributed by atoms with Crippen molar-refractivity contribution in [3.63, 3.8) is 0 Å². The summed E-state index contributed by atoms with van der Waals surface area (Å²) in [7, 11) is 0. The number of rotatable bonds is 6. The highest BCUT2D eigenvalue weighted by molar-refractivity contribution is 5.86. The van der Waals surface area contributed by atoms with Crippen LogP contribution in [-0.2, 0) is 6.54 Å². The Hall–Kier alpha value is -2.24. The highest BCUT2D eigenvalue weighted by atomic mass is 19.1. The summed E-state index contributed by atoms with van der Waals surface area (Å²) in [6.45, 7) is 4.31. The van der Waals surface area contributed by atoms with Crippen LogP contribution in [0.5, 0.6) is 0 Å². The lowest BCUT2D eigenvalue weighted by Gasteiger charge is -2.15. The minimum atomic E-state index is -1.08. The Morgan fingerprint density at radius 1 is 1.38 bits per heavy atom. The van der Waals surface area contributed by atoms with Gasteiger partial charge in [-0.1, -0.05) is 31.2 Å². The quantitative estimate of drug-likeness (QED) is 0.888. The highest BCUT2D eigenvalue weighted by Crippen LogP contribution is 2.26. The summed E-state index contributed by atoms with van der Waals surface area (Å²) >= 11 is 0. The number of nitrogens with zero attached hydrogens (tertiary/aromatic N) is 3. The molecule has 0 saturated heterocycles. The molecule has 2 rings (SSSR count). The van der Waals surface area contributed by atoms with Crippen LogP contribution in [-0.4, -0.2) is 26.1 Å². The third kappa shape index (κ3) is 3.26. The molecule has 0 unspecified atom stereocenters. The lowest BCUT2D eigenvalue weighted by molar-refractivity contribution is 0.0688. The number of carboxylic acid groups (broad SMARTS) is 1. The van der Waals surface area contributed by atoms with E-state index in [1.54, 1.807) is 16.8 Å². The van der Waals surface area contributed by atoms with E-state index in [0.717, 1.165) is 18.4 Å². The Labute approximate surface area is 122 Å². The zero-order chi connectivity index (χ0) is 15.4. The van der Waals surface area contributed by atoms with Gasteiger partial charge in [0, 0.05) is 5.92 Å². The first-order valence-corrected chi connectivity index (χ1v) is 6.97. The largest absolute Gasteiger partial charge is 0.476 e. The van der Waals surface area contributed by atoms with Gasteiger partial charge < -0.3 is 5.11 Å². The van der Waals surface area contributed by atoms with Crippen LogP contribution in [0.15, 0.2) is 24.3 Å². The number of aromatic carboxylic acids is 1. The number of hydrogen-bond donors (Lipinski definition) is 1. The molecule has 0 radical (unpaired) electrons. The van der Waals surface area contributed by atoms with Gasteiger partial charge in [0.15, 0.2) is 5.69 Å². The lowest BCUT2D eigenvalue weighted by Crippen LogP contribution is -2.13. The molecule has 0 aliphatic rings. The van der Waals surface area contributed by atoms with Crippen molar-refractivity contribution in [3.05, 3.63) is 47.0 Å². The van der Waals surface area contributed by atoms with E-state index >= 15 is 0 Å². The van der Waals surface area contributed by atoms with Crippen molar-refractivity contribution >= 4 is 5.97 Å². The van der Waals surface area contributed by atoms with Gasteiger partial charge in [-0.2, -0.15) is 0 Å². The van der Waals surface area contributed by atoms with Gasteiger partial charge in [-0.25, -0.2) is 13.9 Å². The molecule has 0 aliphatic heterocycles. The third-order valence-electron chi connectivity index (χ3n) is 3.57. The van der Waals surface area contributed by atoms with E-state index in [4.69, 9.17) is 0 Å². The normalized spacial score (nSPS) is 11.0. The standard InChI is InChI=1S/C15H18FN3O2/c1-3-11(4-2)14-13(15(20)21)17-18-19(14)9-10-6-5-7-12(16)8-10/h5-8,11H,3-4,9H2,1-2H3,(H,20,21). The summed E-state index contributed by atoms with van der Waals surface area (Å²) in [6, 6.07) is 6.19. The molecule has 112 valence electrons. The van der Waals surface area contributed by atoms with Gasteiger partial charge >= 0.3 is 5.97 Å². The minimum Gasteiger partial charge on any atom is -0.476 e. The molecule has 1 aromatic carbocycles. The van der Waals surface area contributed by atoms with E-state index in [0.29, 0.717) is 12.2 Å².